The molecule has 0 aliphatic heterocycles. The van der Waals surface area contributed by atoms with Crippen LogP contribution in [-0.4, -0.2) is 50.3 Å². The number of esters is 4. The van der Waals surface area contributed by atoms with Gasteiger partial charge in [0, 0.05) is 28.7 Å². The van der Waals surface area contributed by atoms with Crippen molar-refractivity contribution in [2.24, 2.45) is 5.41 Å². The molecule has 162 valence electrons. The third-order valence-electron chi connectivity index (χ3n) is 2.79. The highest BCUT2D eigenvalue weighted by atomic mass is 16.6. The fraction of sp³-hybridized carbons (Fsp3) is 0.429. The molecule has 0 radical (unpaired) electrons. The minimum absolute atomic E-state index is 0.0325. The highest BCUT2D eigenvalue weighted by molar-refractivity contribution is 5.87. The van der Waals surface area contributed by atoms with Gasteiger partial charge in [0.25, 0.3) is 0 Å². The Morgan fingerprint density at radius 3 is 1.28 bits per heavy atom. The summed E-state index contributed by atoms with van der Waals surface area (Å²) in [5.74, 6) is -1.95. The largest absolute Gasteiger partial charge is 0.462 e. The zero-order valence-electron chi connectivity index (χ0n) is 17.6. The van der Waals surface area contributed by atoms with Crippen LogP contribution in [0.5, 0.6) is 0 Å². The number of rotatable bonds is 11. The molecular weight excluding hydrogens is 380 g/mol. The monoisotopic (exact) mass is 410 g/mol. The third kappa shape index (κ3) is 16.7. The van der Waals surface area contributed by atoms with Gasteiger partial charge in [0.2, 0.25) is 0 Å². The quantitative estimate of drug-likeness (QED) is 0.222. The Morgan fingerprint density at radius 1 is 0.724 bits per heavy atom. The van der Waals surface area contributed by atoms with Crippen molar-refractivity contribution < 1.29 is 38.1 Å². The van der Waals surface area contributed by atoms with Gasteiger partial charge in [0.15, 0.2) is 0 Å². The molecule has 0 aromatic carbocycles. The predicted octanol–water partition coefficient (Wildman–Crippen LogP) is 2.70. The summed E-state index contributed by atoms with van der Waals surface area (Å²) in [5.41, 5.74) is 0.213. The number of hydrogen-bond donors (Lipinski definition) is 0. The van der Waals surface area contributed by atoms with Crippen molar-refractivity contribution >= 4 is 23.9 Å². The van der Waals surface area contributed by atoms with Crippen LogP contribution in [0.1, 0.15) is 27.7 Å². The maximum atomic E-state index is 10.8. The van der Waals surface area contributed by atoms with Crippen molar-refractivity contribution in [2.75, 3.05) is 26.4 Å². The Kier molecular flexibility index (Phi) is 14.4. The maximum Gasteiger partial charge on any atom is 0.333 e. The molecule has 0 aliphatic rings. The molecule has 0 heterocycles. The zero-order chi connectivity index (χ0) is 23.0. The van der Waals surface area contributed by atoms with Crippen LogP contribution in [0.15, 0.2) is 49.6 Å². The summed E-state index contributed by atoms with van der Waals surface area (Å²) >= 11 is 0. The lowest BCUT2D eigenvalue weighted by Gasteiger charge is -2.22. The van der Waals surface area contributed by atoms with E-state index in [0.29, 0.717) is 11.1 Å². The highest BCUT2D eigenvalue weighted by Crippen LogP contribution is 2.16. The minimum atomic E-state index is -0.489. The van der Waals surface area contributed by atoms with Gasteiger partial charge in [-0.3, -0.25) is 0 Å². The van der Waals surface area contributed by atoms with E-state index in [4.69, 9.17) is 9.47 Å². The van der Waals surface area contributed by atoms with Crippen molar-refractivity contribution in [1.82, 2.24) is 0 Å². The fourth-order valence-electron chi connectivity index (χ4n) is 1.21. The summed E-state index contributed by atoms with van der Waals surface area (Å²) in [4.78, 5) is 43.3. The Balaban J connectivity index is 0. The summed E-state index contributed by atoms with van der Waals surface area (Å²) in [6.45, 7) is 20.5. The molecule has 0 aromatic rings. The first-order chi connectivity index (χ1) is 13.4. The smallest absolute Gasteiger partial charge is 0.333 e. The lowest BCUT2D eigenvalue weighted by atomic mass is 9.96. The second-order valence-electron chi connectivity index (χ2n) is 6.62. The van der Waals surface area contributed by atoms with E-state index in [2.05, 4.69) is 35.8 Å². The van der Waals surface area contributed by atoms with E-state index in [1.54, 1.807) is 13.8 Å². The lowest BCUT2D eigenvalue weighted by Crippen LogP contribution is -2.27. The molecule has 0 aromatic heterocycles. The molecule has 0 N–H and O–H groups in total. The summed E-state index contributed by atoms with van der Waals surface area (Å²) in [6, 6.07) is 0. The molecule has 29 heavy (non-hydrogen) atoms. The first-order valence-corrected chi connectivity index (χ1v) is 8.60. The van der Waals surface area contributed by atoms with Gasteiger partial charge >= 0.3 is 23.9 Å². The van der Waals surface area contributed by atoms with Gasteiger partial charge in [-0.15, -0.1) is 0 Å². The predicted molar refractivity (Wildman–Crippen MR) is 108 cm³/mol. The van der Waals surface area contributed by atoms with Crippen LogP contribution in [0.25, 0.3) is 0 Å². The molecule has 0 unspecified atom stereocenters. The third-order valence-corrected chi connectivity index (χ3v) is 2.79. The van der Waals surface area contributed by atoms with Crippen LogP contribution < -0.4 is 0 Å². The normalized spacial score (nSPS) is 9.66. The van der Waals surface area contributed by atoms with Crippen LogP contribution in [0.3, 0.4) is 0 Å². The molecule has 0 fully saturated rings. The van der Waals surface area contributed by atoms with Crippen molar-refractivity contribution in [1.29, 1.82) is 0 Å². The van der Waals surface area contributed by atoms with Gasteiger partial charge in [-0.05, 0) is 13.8 Å². The highest BCUT2D eigenvalue weighted by Gasteiger charge is 2.21. The summed E-state index contributed by atoms with van der Waals surface area (Å²) in [5, 5.41) is 0. The van der Waals surface area contributed by atoms with E-state index in [1.807, 2.05) is 13.8 Å². The topological polar surface area (TPSA) is 105 Å². The molecule has 0 saturated carbocycles. The fourth-order valence-corrected chi connectivity index (χ4v) is 1.21. The molecule has 8 nitrogen and oxygen atoms in total. The van der Waals surface area contributed by atoms with Gasteiger partial charge < -0.3 is 18.9 Å². The standard InChI is InChI=1S/C11H16O4.C10H14O4/c1-5-9(12)14-7-11(3,4)8-15-10(13)6-2;1-7(2)9(11)13-5-6-14-10(12)8(3)4/h5-6H,1-2,7-8H2,3-4H3;1,3,5-6H2,2,4H3. The van der Waals surface area contributed by atoms with Crippen molar-refractivity contribution in [3.63, 3.8) is 0 Å². The van der Waals surface area contributed by atoms with Gasteiger partial charge in [-0.1, -0.05) is 40.2 Å². The second-order valence-corrected chi connectivity index (χ2v) is 6.62. The average molecular weight is 410 g/mol. The first kappa shape index (κ1) is 28.1. The number of hydrogen-bond acceptors (Lipinski definition) is 8. The molecule has 0 saturated heterocycles. The van der Waals surface area contributed by atoms with E-state index < -0.39 is 29.3 Å². The molecule has 0 aliphatic carbocycles. The molecule has 0 rings (SSSR count). The summed E-state index contributed by atoms with van der Waals surface area (Å²) in [7, 11) is 0. The van der Waals surface area contributed by atoms with E-state index >= 15 is 0 Å². The van der Waals surface area contributed by atoms with Crippen LogP contribution in [0.4, 0.5) is 0 Å². The SMILES string of the molecule is C=C(C)C(=O)OCCOC(=O)C(=C)C.C=CC(=O)OCC(C)(C)COC(=O)C=C. The second kappa shape index (κ2) is 14.8. The van der Waals surface area contributed by atoms with E-state index in [-0.39, 0.29) is 26.4 Å². The molecule has 0 atom stereocenters. The molecular formula is C21H30O8. The lowest BCUT2D eigenvalue weighted by molar-refractivity contribution is -0.147. The van der Waals surface area contributed by atoms with Crippen molar-refractivity contribution in [3.8, 4) is 0 Å². The average Bonchev–Trinajstić information content (AvgIpc) is 2.67. The number of ether oxygens (including phenoxy) is 4. The molecule has 0 bridgehead atoms. The van der Waals surface area contributed by atoms with Gasteiger partial charge in [0.1, 0.15) is 13.2 Å². The van der Waals surface area contributed by atoms with Gasteiger partial charge in [-0.25, -0.2) is 19.2 Å². The molecule has 0 amide bonds. The number of carbonyl (C=O) groups is 4. The number of carbonyl (C=O) groups excluding carboxylic acids is 4. The van der Waals surface area contributed by atoms with Gasteiger partial charge in [0.05, 0.1) is 13.2 Å². The molecule has 8 heteroatoms. The Morgan fingerprint density at radius 2 is 1.03 bits per heavy atom. The van der Waals surface area contributed by atoms with E-state index in [0.717, 1.165) is 12.2 Å². The van der Waals surface area contributed by atoms with Crippen LogP contribution >= 0.6 is 0 Å². The first-order valence-electron chi connectivity index (χ1n) is 8.60. The van der Waals surface area contributed by atoms with Crippen LogP contribution in [0.2, 0.25) is 0 Å². The van der Waals surface area contributed by atoms with E-state index in [9.17, 15) is 19.2 Å². The zero-order valence-corrected chi connectivity index (χ0v) is 17.6. The maximum absolute atomic E-state index is 10.8. The van der Waals surface area contributed by atoms with Gasteiger partial charge in [-0.2, -0.15) is 0 Å². The van der Waals surface area contributed by atoms with Crippen molar-refractivity contribution in [3.05, 3.63) is 49.6 Å². The van der Waals surface area contributed by atoms with Crippen molar-refractivity contribution in [2.45, 2.75) is 27.7 Å². The Hall–Kier alpha value is -3.16. The minimum Gasteiger partial charge on any atom is -0.462 e. The molecule has 0 spiro atoms. The summed E-state index contributed by atoms with van der Waals surface area (Å²) in [6.07, 6.45) is 2.18. The summed E-state index contributed by atoms with van der Waals surface area (Å²) < 4.78 is 19.1. The Labute approximate surface area is 171 Å². The van der Waals surface area contributed by atoms with E-state index in [1.165, 1.54) is 0 Å². The van der Waals surface area contributed by atoms with Crippen LogP contribution in [0, 0.1) is 5.41 Å². The Bertz CT molecular complexity index is 589. The van der Waals surface area contributed by atoms with Crippen LogP contribution in [-0.2, 0) is 38.1 Å².